The summed E-state index contributed by atoms with van der Waals surface area (Å²) in [6, 6.07) is 0. The summed E-state index contributed by atoms with van der Waals surface area (Å²) in [5, 5.41) is 9.13. The van der Waals surface area contributed by atoms with Crippen molar-refractivity contribution in [3.05, 3.63) is 23.3 Å². The van der Waals surface area contributed by atoms with Gasteiger partial charge in [-0.2, -0.15) is 5.10 Å². The smallest absolute Gasteiger partial charge is 0.243 e. The van der Waals surface area contributed by atoms with Crippen molar-refractivity contribution in [3.63, 3.8) is 0 Å². The first kappa shape index (κ1) is 9.66. The van der Waals surface area contributed by atoms with Crippen molar-refractivity contribution >= 4 is 18.1 Å². The summed E-state index contributed by atoms with van der Waals surface area (Å²) in [4.78, 5) is 10.8. The molecule has 0 fully saturated rings. The average Bonchev–Trinajstić information content (AvgIpc) is 2.44. The summed E-state index contributed by atoms with van der Waals surface area (Å²) >= 11 is 4.89. The van der Waals surface area contributed by atoms with Crippen LogP contribution in [0.15, 0.2) is 12.7 Å². The second kappa shape index (κ2) is 3.99. The summed E-state index contributed by atoms with van der Waals surface area (Å²) in [6.07, 6.45) is 1.21. The number of amides is 1. The summed E-state index contributed by atoms with van der Waals surface area (Å²) < 4.78 is 2.22. The number of carbonyl (C=O) groups excluding carboxylic acids is 1. The van der Waals surface area contributed by atoms with E-state index < -0.39 is 0 Å². The molecule has 0 aliphatic heterocycles. The van der Waals surface area contributed by atoms with E-state index in [0.717, 1.165) is 0 Å². The van der Waals surface area contributed by atoms with E-state index in [9.17, 15) is 4.79 Å². The minimum Gasteiger partial charge on any atom is -0.345 e. The molecule has 0 aliphatic carbocycles. The minimum atomic E-state index is -0.228. The molecule has 0 atom stereocenters. The maximum atomic E-state index is 10.8. The van der Waals surface area contributed by atoms with Gasteiger partial charge in [0.1, 0.15) is 0 Å². The van der Waals surface area contributed by atoms with Gasteiger partial charge in [-0.15, -0.1) is 0 Å². The molecule has 0 radical (unpaired) electrons. The molecule has 1 aromatic heterocycles. The van der Waals surface area contributed by atoms with Crippen LogP contribution in [0.5, 0.6) is 0 Å². The van der Waals surface area contributed by atoms with Crippen LogP contribution in [0.1, 0.15) is 5.82 Å². The lowest BCUT2D eigenvalue weighted by Crippen LogP contribution is -2.21. The van der Waals surface area contributed by atoms with Crippen molar-refractivity contribution in [1.29, 1.82) is 0 Å². The molecule has 1 heterocycles. The van der Waals surface area contributed by atoms with Gasteiger partial charge in [0, 0.05) is 7.05 Å². The van der Waals surface area contributed by atoms with Gasteiger partial charge in [-0.05, 0) is 18.3 Å². The van der Waals surface area contributed by atoms with Gasteiger partial charge in [-0.1, -0.05) is 6.58 Å². The molecule has 0 bridgehead atoms. The Morgan fingerprint density at radius 1 is 1.92 bits per heavy atom. The van der Waals surface area contributed by atoms with Crippen LogP contribution in [-0.4, -0.2) is 20.7 Å². The van der Waals surface area contributed by atoms with E-state index in [4.69, 9.17) is 12.2 Å². The van der Waals surface area contributed by atoms with E-state index in [1.807, 2.05) is 0 Å². The Morgan fingerprint density at radius 2 is 2.62 bits per heavy atom. The normalized spacial score (nSPS) is 9.62. The van der Waals surface area contributed by atoms with E-state index >= 15 is 0 Å². The molecule has 70 valence electrons. The van der Waals surface area contributed by atoms with Gasteiger partial charge in [0.05, 0.1) is 6.54 Å². The highest BCUT2D eigenvalue weighted by Gasteiger charge is 2.02. The molecule has 0 spiro atoms. The number of aromatic nitrogens is 3. The average molecular weight is 198 g/mol. The molecule has 0 unspecified atom stereocenters. The number of nitrogens with one attached hydrogen (secondary N) is 2. The number of aromatic amines is 1. The third kappa shape index (κ3) is 2.25. The lowest BCUT2D eigenvalue weighted by molar-refractivity contribution is -0.116. The van der Waals surface area contributed by atoms with E-state index in [-0.39, 0.29) is 5.91 Å². The fourth-order valence-electron chi connectivity index (χ4n) is 0.776. The molecular formula is C7H10N4OS. The number of hydrogen-bond donors (Lipinski definition) is 2. The van der Waals surface area contributed by atoms with Gasteiger partial charge >= 0.3 is 0 Å². The Bertz CT molecular complexity index is 378. The molecule has 0 aromatic carbocycles. The Hall–Kier alpha value is -1.43. The lowest BCUT2D eigenvalue weighted by Gasteiger charge is -2.00. The Labute approximate surface area is 80.5 Å². The summed E-state index contributed by atoms with van der Waals surface area (Å²) in [5.41, 5.74) is 0. The zero-order chi connectivity index (χ0) is 9.84. The van der Waals surface area contributed by atoms with Crippen molar-refractivity contribution < 1.29 is 4.79 Å². The Kier molecular flexibility index (Phi) is 2.97. The molecule has 1 rings (SSSR count). The summed E-state index contributed by atoms with van der Waals surface area (Å²) in [5.74, 6) is 0.453. The van der Waals surface area contributed by atoms with Crippen LogP contribution in [0.25, 0.3) is 0 Å². The standard InChI is InChI=1S/C7H10N4OS/c1-3-6(12)8-4-5-9-10-7(13)11(5)2/h3H,1,4H2,2H3,(H,8,12)(H,10,13). The summed E-state index contributed by atoms with van der Waals surface area (Å²) in [7, 11) is 1.78. The molecule has 1 aromatic rings. The Morgan fingerprint density at radius 3 is 3.08 bits per heavy atom. The quantitative estimate of drug-likeness (QED) is 0.541. The number of H-pyrrole nitrogens is 1. The van der Waals surface area contributed by atoms with Gasteiger partial charge in [0.15, 0.2) is 10.6 Å². The van der Waals surface area contributed by atoms with E-state index in [1.165, 1.54) is 6.08 Å². The van der Waals surface area contributed by atoms with Crippen LogP contribution in [-0.2, 0) is 18.4 Å². The molecule has 0 saturated carbocycles. The molecular weight excluding hydrogens is 188 g/mol. The zero-order valence-corrected chi connectivity index (χ0v) is 8.02. The maximum absolute atomic E-state index is 10.8. The summed E-state index contributed by atoms with van der Waals surface area (Å²) in [6.45, 7) is 3.67. The second-order valence-electron chi connectivity index (χ2n) is 2.43. The van der Waals surface area contributed by atoms with Crippen LogP contribution in [0.4, 0.5) is 0 Å². The number of carbonyl (C=O) groups is 1. The van der Waals surface area contributed by atoms with Gasteiger partial charge in [-0.25, -0.2) is 0 Å². The van der Waals surface area contributed by atoms with E-state index in [1.54, 1.807) is 11.6 Å². The highest BCUT2D eigenvalue weighted by Crippen LogP contribution is 1.92. The molecule has 0 saturated heterocycles. The number of rotatable bonds is 3. The fraction of sp³-hybridized carbons (Fsp3) is 0.286. The first-order valence-corrected chi connectivity index (χ1v) is 4.06. The van der Waals surface area contributed by atoms with Gasteiger partial charge in [-0.3, -0.25) is 9.89 Å². The molecule has 1 amide bonds. The van der Waals surface area contributed by atoms with Gasteiger partial charge < -0.3 is 9.88 Å². The van der Waals surface area contributed by atoms with Crippen LogP contribution >= 0.6 is 12.2 Å². The minimum absolute atomic E-state index is 0.228. The number of hydrogen-bond acceptors (Lipinski definition) is 3. The molecule has 0 aliphatic rings. The van der Waals surface area contributed by atoms with Gasteiger partial charge in [0.2, 0.25) is 5.91 Å². The molecule has 13 heavy (non-hydrogen) atoms. The predicted molar refractivity (Wildman–Crippen MR) is 50.4 cm³/mol. The SMILES string of the molecule is C=CC(=O)NCc1n[nH]c(=S)n1C. The topological polar surface area (TPSA) is 62.7 Å². The van der Waals surface area contributed by atoms with Crippen molar-refractivity contribution in [2.75, 3.05) is 0 Å². The first-order valence-electron chi connectivity index (χ1n) is 3.65. The Balaban J connectivity index is 2.65. The largest absolute Gasteiger partial charge is 0.345 e. The molecule has 2 N–H and O–H groups in total. The molecule has 5 nitrogen and oxygen atoms in total. The van der Waals surface area contributed by atoms with Crippen molar-refractivity contribution in [3.8, 4) is 0 Å². The third-order valence-electron chi connectivity index (χ3n) is 1.58. The van der Waals surface area contributed by atoms with Crippen molar-refractivity contribution in [2.24, 2.45) is 7.05 Å². The fourth-order valence-corrected chi connectivity index (χ4v) is 0.927. The maximum Gasteiger partial charge on any atom is 0.243 e. The molecule has 6 heteroatoms. The third-order valence-corrected chi connectivity index (χ3v) is 1.94. The zero-order valence-electron chi connectivity index (χ0n) is 7.20. The van der Waals surface area contributed by atoms with Gasteiger partial charge in [0.25, 0.3) is 0 Å². The second-order valence-corrected chi connectivity index (χ2v) is 2.81. The van der Waals surface area contributed by atoms with Crippen molar-refractivity contribution in [2.45, 2.75) is 6.54 Å². The van der Waals surface area contributed by atoms with Crippen molar-refractivity contribution in [1.82, 2.24) is 20.1 Å². The highest BCUT2D eigenvalue weighted by atomic mass is 32.1. The highest BCUT2D eigenvalue weighted by molar-refractivity contribution is 7.71. The number of nitrogens with zero attached hydrogens (tertiary/aromatic N) is 2. The monoisotopic (exact) mass is 198 g/mol. The van der Waals surface area contributed by atoms with E-state index in [0.29, 0.717) is 17.1 Å². The van der Waals surface area contributed by atoms with Crippen LogP contribution in [0, 0.1) is 4.77 Å². The van der Waals surface area contributed by atoms with Crippen LogP contribution in [0.3, 0.4) is 0 Å². The van der Waals surface area contributed by atoms with Crippen LogP contribution in [0.2, 0.25) is 0 Å². The first-order chi connectivity index (χ1) is 6.15. The predicted octanol–water partition coefficient (Wildman–Crippen LogP) is 0.280. The lowest BCUT2D eigenvalue weighted by atomic mass is 10.5. The van der Waals surface area contributed by atoms with Crippen LogP contribution < -0.4 is 5.32 Å². The van der Waals surface area contributed by atoms with E-state index in [2.05, 4.69) is 22.1 Å².